The lowest BCUT2D eigenvalue weighted by Crippen LogP contribution is -2.60. The van der Waals surface area contributed by atoms with Crippen LogP contribution >= 0.6 is 0 Å². The highest BCUT2D eigenvalue weighted by Gasteiger charge is 2.44. The van der Waals surface area contributed by atoms with E-state index in [0.717, 1.165) is 83.5 Å². The number of carbonyl (C=O) groups excluding carboxylic acids is 2. The monoisotopic (exact) mass is 1240 g/mol. The first kappa shape index (κ1) is 82.9. The second-order valence-corrected chi connectivity index (χ2v) is 25.3. The van der Waals surface area contributed by atoms with Crippen molar-refractivity contribution >= 4 is 11.9 Å². The van der Waals surface area contributed by atoms with Gasteiger partial charge in [-0.3, -0.25) is 9.59 Å². The first-order chi connectivity index (χ1) is 43.2. The number of amides is 1. The fraction of sp³-hybridized carbons (Fsp3) is 0.792. The molecule has 0 aromatic heterocycles. The maximum absolute atomic E-state index is 13.1. The van der Waals surface area contributed by atoms with E-state index < -0.39 is 49.5 Å². The van der Waals surface area contributed by atoms with Gasteiger partial charge in [0.15, 0.2) is 6.29 Å². The van der Waals surface area contributed by atoms with Crippen LogP contribution in [0.5, 0.6) is 0 Å². The zero-order valence-corrected chi connectivity index (χ0v) is 56.7. The number of hydrogen-bond acceptors (Lipinski definition) is 10. The number of nitrogens with one attached hydrogen (secondary N) is 1. The molecule has 1 fully saturated rings. The van der Waals surface area contributed by atoms with Gasteiger partial charge in [0.05, 0.1) is 32.0 Å². The summed E-state index contributed by atoms with van der Waals surface area (Å²) in [6, 6.07) is -0.835. The van der Waals surface area contributed by atoms with Crippen molar-refractivity contribution in [2.45, 2.75) is 371 Å². The molecule has 0 radical (unpaired) electrons. The number of aliphatic hydroxyl groups excluding tert-OH is 5. The molecule has 0 saturated carbocycles. The fourth-order valence-electron chi connectivity index (χ4n) is 11.1. The summed E-state index contributed by atoms with van der Waals surface area (Å²) in [5.41, 5.74) is 0. The Morgan fingerprint density at radius 3 is 1.24 bits per heavy atom. The number of allylic oxidation sites excluding steroid dienone is 13. The van der Waals surface area contributed by atoms with E-state index in [4.69, 9.17) is 14.2 Å². The lowest BCUT2D eigenvalue weighted by Gasteiger charge is -2.40. The topological polar surface area (TPSA) is 175 Å². The van der Waals surface area contributed by atoms with Crippen molar-refractivity contribution in [2.24, 2.45) is 0 Å². The van der Waals surface area contributed by atoms with Gasteiger partial charge in [-0.15, -0.1) is 0 Å². The highest BCUT2D eigenvalue weighted by Crippen LogP contribution is 2.23. The van der Waals surface area contributed by atoms with Crippen LogP contribution in [0, 0.1) is 0 Å². The molecule has 0 aromatic carbocycles. The summed E-state index contributed by atoms with van der Waals surface area (Å²) in [6.07, 6.45) is 80.1. The Kier molecular flexibility index (Phi) is 61.5. The molecular weight excluding hydrogens is 1100 g/mol. The molecule has 0 spiro atoms. The number of rotatable bonds is 64. The summed E-state index contributed by atoms with van der Waals surface area (Å²) in [7, 11) is 0. The quantitative estimate of drug-likeness (QED) is 0.0195. The van der Waals surface area contributed by atoms with Gasteiger partial charge in [0.1, 0.15) is 24.4 Å². The van der Waals surface area contributed by atoms with Gasteiger partial charge >= 0.3 is 5.97 Å². The van der Waals surface area contributed by atoms with Gasteiger partial charge in [-0.1, -0.05) is 285 Å². The van der Waals surface area contributed by atoms with E-state index in [9.17, 15) is 35.1 Å². The number of esters is 1. The lowest BCUT2D eigenvalue weighted by molar-refractivity contribution is -0.302. The molecule has 1 aliphatic heterocycles. The van der Waals surface area contributed by atoms with Crippen molar-refractivity contribution in [1.82, 2.24) is 5.32 Å². The van der Waals surface area contributed by atoms with Gasteiger partial charge < -0.3 is 45.1 Å². The van der Waals surface area contributed by atoms with Gasteiger partial charge in [0.2, 0.25) is 5.91 Å². The maximum Gasteiger partial charge on any atom is 0.305 e. The summed E-state index contributed by atoms with van der Waals surface area (Å²) in [6.45, 7) is 4.25. The van der Waals surface area contributed by atoms with Crippen molar-refractivity contribution in [2.75, 3.05) is 19.8 Å². The van der Waals surface area contributed by atoms with Crippen LogP contribution in [0.15, 0.2) is 85.1 Å². The van der Waals surface area contributed by atoms with Crippen LogP contribution in [-0.2, 0) is 23.8 Å². The minimum atomic E-state index is -1.58. The molecule has 1 rings (SSSR count). The van der Waals surface area contributed by atoms with Crippen molar-refractivity contribution in [3.05, 3.63) is 85.1 Å². The first-order valence-electron chi connectivity index (χ1n) is 36.9. The average molecular weight is 1240 g/mol. The molecule has 1 aliphatic rings. The highest BCUT2D eigenvalue weighted by atomic mass is 16.7. The van der Waals surface area contributed by atoms with Crippen LogP contribution in [-0.4, -0.2) is 100 Å². The Morgan fingerprint density at radius 2 is 0.795 bits per heavy atom. The Balaban J connectivity index is 1.98. The third kappa shape index (κ3) is 53.5. The number of carbonyl (C=O) groups is 2. The molecule has 6 N–H and O–H groups in total. The van der Waals surface area contributed by atoms with Crippen molar-refractivity contribution < 1.29 is 49.3 Å². The van der Waals surface area contributed by atoms with Gasteiger partial charge in [-0.2, -0.15) is 0 Å². The zero-order valence-electron chi connectivity index (χ0n) is 56.7. The lowest BCUT2D eigenvalue weighted by atomic mass is 9.99. The van der Waals surface area contributed by atoms with Crippen molar-refractivity contribution in [1.29, 1.82) is 0 Å². The molecule has 510 valence electrons. The Bertz CT molecular complexity index is 1740. The zero-order chi connectivity index (χ0) is 63.7. The van der Waals surface area contributed by atoms with Crippen LogP contribution in [0.1, 0.15) is 328 Å². The van der Waals surface area contributed by atoms with E-state index in [-0.39, 0.29) is 18.5 Å². The second-order valence-electron chi connectivity index (χ2n) is 25.3. The number of unbranched alkanes of at least 4 members (excludes halogenated alkanes) is 38. The molecule has 0 bridgehead atoms. The summed E-state index contributed by atoms with van der Waals surface area (Å²) in [5, 5.41) is 54.5. The van der Waals surface area contributed by atoms with E-state index in [0.29, 0.717) is 19.4 Å². The molecule has 1 saturated heterocycles. The molecule has 7 unspecified atom stereocenters. The van der Waals surface area contributed by atoms with E-state index in [1.807, 2.05) is 6.08 Å². The maximum atomic E-state index is 13.1. The molecule has 88 heavy (non-hydrogen) atoms. The third-order valence-corrected chi connectivity index (χ3v) is 16.9. The molecule has 0 aliphatic carbocycles. The van der Waals surface area contributed by atoms with E-state index in [2.05, 4.69) is 92.1 Å². The molecule has 11 nitrogen and oxygen atoms in total. The summed E-state index contributed by atoms with van der Waals surface area (Å²) in [5.74, 6) is -0.204. The van der Waals surface area contributed by atoms with Gasteiger partial charge in [-0.25, -0.2) is 0 Å². The largest absolute Gasteiger partial charge is 0.466 e. The average Bonchev–Trinajstić information content (AvgIpc) is 3.45. The van der Waals surface area contributed by atoms with Crippen LogP contribution in [0.4, 0.5) is 0 Å². The van der Waals surface area contributed by atoms with Crippen LogP contribution < -0.4 is 5.32 Å². The van der Waals surface area contributed by atoms with Crippen molar-refractivity contribution in [3.8, 4) is 0 Å². The predicted molar refractivity (Wildman–Crippen MR) is 370 cm³/mol. The predicted octanol–water partition coefficient (Wildman–Crippen LogP) is 19.2. The minimum Gasteiger partial charge on any atom is -0.466 e. The number of aliphatic hydroxyl groups is 5. The van der Waals surface area contributed by atoms with Crippen LogP contribution in [0.2, 0.25) is 0 Å². The van der Waals surface area contributed by atoms with Crippen molar-refractivity contribution in [3.63, 3.8) is 0 Å². The standard InChI is InChI=1S/C77H137NO10/c1-3-5-7-9-11-13-15-17-40-43-47-51-55-59-63-70(80)69(68-87-77-76(85)75(84)74(83)71(67-79)88-77)78-72(81)64-60-56-52-48-44-41-37-35-33-31-29-27-25-23-21-19-18-20-22-24-26-28-30-32-34-36-38-42-46-50-54-58-62-66-86-73(82)65-61-57-53-49-45-39-16-14-12-10-8-6-4-2/h8,10,13-16,22,24,28,30,43,47,59,63,69-71,74-77,79-80,83-85H,3-7,9,11-12,17-21,23,25-27,29,31-42,44-46,48-58,60-62,64-68H2,1-2H3,(H,78,81)/b10-8-,15-13+,16-14-,24-22-,30-28-,47-43+,63-59+. The van der Waals surface area contributed by atoms with Crippen LogP contribution in [0.3, 0.4) is 0 Å². The fourth-order valence-corrected chi connectivity index (χ4v) is 11.1. The number of hydrogen-bond donors (Lipinski definition) is 6. The van der Waals surface area contributed by atoms with Gasteiger partial charge in [-0.05, 0) is 116 Å². The smallest absolute Gasteiger partial charge is 0.305 e. The summed E-state index contributed by atoms with van der Waals surface area (Å²) >= 11 is 0. The Morgan fingerprint density at radius 1 is 0.420 bits per heavy atom. The third-order valence-electron chi connectivity index (χ3n) is 16.9. The molecule has 7 atom stereocenters. The first-order valence-corrected chi connectivity index (χ1v) is 36.9. The summed E-state index contributed by atoms with van der Waals surface area (Å²) < 4.78 is 16.7. The van der Waals surface area contributed by atoms with Crippen LogP contribution in [0.25, 0.3) is 0 Å². The van der Waals surface area contributed by atoms with Gasteiger partial charge in [0, 0.05) is 12.8 Å². The minimum absolute atomic E-state index is 0.00946. The van der Waals surface area contributed by atoms with Gasteiger partial charge in [0.25, 0.3) is 0 Å². The van der Waals surface area contributed by atoms with E-state index in [1.54, 1.807) is 6.08 Å². The van der Waals surface area contributed by atoms with E-state index in [1.165, 1.54) is 218 Å². The Hall–Kier alpha value is -3.16. The molecular formula is C77H137NO10. The molecule has 1 heterocycles. The normalized spacial score (nSPS) is 18.3. The SMILES string of the molecule is CCC/C=C\C/C=C\CCCCCCCC(=O)OCCCCCCCCCCC/C=C\C/C=C\CCCCCCCCCCCCCCCCCCCC(=O)NC(COC1OC(CO)C(O)C(O)C1O)C(O)/C=C/CC/C=C/CC/C=C/CCCCCC. The Labute approximate surface area is 540 Å². The molecule has 0 aromatic rings. The second kappa shape index (κ2) is 65.3. The number of ether oxygens (including phenoxy) is 3. The highest BCUT2D eigenvalue weighted by molar-refractivity contribution is 5.76. The molecule has 1 amide bonds. The van der Waals surface area contributed by atoms with E-state index >= 15 is 0 Å². The summed E-state index contributed by atoms with van der Waals surface area (Å²) in [4.78, 5) is 25.1. The molecule has 11 heteroatoms.